The Hall–Kier alpha value is 0.0700. The third-order valence-corrected chi connectivity index (χ3v) is 4.71. The first-order chi connectivity index (χ1) is 8.13. The van der Waals surface area contributed by atoms with Gasteiger partial charge in [0.1, 0.15) is 0 Å². The quantitative estimate of drug-likeness (QED) is 0.724. The molecule has 1 rings (SSSR count). The SMILES string of the molecule is CCNC(CS(=O)CCC(C)C)C1CCOC1. The Labute approximate surface area is 108 Å². The maximum absolute atomic E-state index is 12.0. The minimum Gasteiger partial charge on any atom is -0.381 e. The lowest BCUT2D eigenvalue weighted by atomic mass is 10.0. The van der Waals surface area contributed by atoms with Gasteiger partial charge in [-0.2, -0.15) is 0 Å². The van der Waals surface area contributed by atoms with Gasteiger partial charge in [0.2, 0.25) is 0 Å². The van der Waals surface area contributed by atoms with E-state index >= 15 is 0 Å². The minimum absolute atomic E-state index is 0.371. The Morgan fingerprint density at radius 3 is 2.76 bits per heavy atom. The second kappa shape index (κ2) is 8.22. The van der Waals surface area contributed by atoms with Gasteiger partial charge in [-0.15, -0.1) is 0 Å². The maximum atomic E-state index is 12.0. The van der Waals surface area contributed by atoms with Crippen LogP contribution in [-0.2, 0) is 15.5 Å². The van der Waals surface area contributed by atoms with Crippen molar-refractivity contribution in [2.24, 2.45) is 11.8 Å². The van der Waals surface area contributed by atoms with E-state index in [4.69, 9.17) is 4.74 Å². The summed E-state index contributed by atoms with van der Waals surface area (Å²) in [5.74, 6) is 2.83. The van der Waals surface area contributed by atoms with Crippen LogP contribution in [0.2, 0.25) is 0 Å². The first-order valence-corrected chi connectivity index (χ1v) is 8.28. The van der Waals surface area contributed by atoms with Crippen LogP contribution < -0.4 is 5.32 Å². The largest absolute Gasteiger partial charge is 0.381 e. The normalized spacial score (nSPS) is 24.1. The first-order valence-electron chi connectivity index (χ1n) is 6.79. The highest BCUT2D eigenvalue weighted by Gasteiger charge is 2.26. The van der Waals surface area contributed by atoms with Gasteiger partial charge in [-0.25, -0.2) is 0 Å². The Kier molecular flexibility index (Phi) is 7.32. The fraction of sp³-hybridized carbons (Fsp3) is 1.00. The smallest absolute Gasteiger partial charge is 0.0510 e. The van der Waals surface area contributed by atoms with Crippen LogP contribution in [-0.4, -0.2) is 41.5 Å². The zero-order chi connectivity index (χ0) is 12.7. The molecule has 17 heavy (non-hydrogen) atoms. The van der Waals surface area contributed by atoms with Crippen LogP contribution in [0.15, 0.2) is 0 Å². The summed E-state index contributed by atoms with van der Waals surface area (Å²) in [6, 6.07) is 0.371. The van der Waals surface area contributed by atoms with E-state index in [1.807, 2.05) is 0 Å². The summed E-state index contributed by atoms with van der Waals surface area (Å²) < 4.78 is 17.4. The summed E-state index contributed by atoms with van der Waals surface area (Å²) in [6.07, 6.45) is 2.17. The number of hydrogen-bond donors (Lipinski definition) is 1. The monoisotopic (exact) mass is 261 g/mol. The molecular weight excluding hydrogens is 234 g/mol. The Bertz CT molecular complexity index is 227. The summed E-state index contributed by atoms with van der Waals surface area (Å²) in [5, 5.41) is 3.47. The van der Waals surface area contributed by atoms with Crippen molar-refractivity contribution < 1.29 is 8.95 Å². The van der Waals surface area contributed by atoms with Crippen LogP contribution in [0.3, 0.4) is 0 Å². The summed E-state index contributed by atoms with van der Waals surface area (Å²) >= 11 is 0. The molecule has 0 spiro atoms. The molecule has 1 N–H and O–H groups in total. The molecule has 0 bridgehead atoms. The van der Waals surface area contributed by atoms with Gasteiger partial charge in [0, 0.05) is 40.9 Å². The maximum Gasteiger partial charge on any atom is 0.0510 e. The second-order valence-electron chi connectivity index (χ2n) is 5.28. The highest BCUT2D eigenvalue weighted by molar-refractivity contribution is 7.85. The molecule has 1 saturated heterocycles. The summed E-state index contributed by atoms with van der Waals surface area (Å²) in [5.41, 5.74) is 0. The van der Waals surface area contributed by atoms with Crippen LogP contribution >= 0.6 is 0 Å². The van der Waals surface area contributed by atoms with Crippen LogP contribution in [0.25, 0.3) is 0 Å². The van der Waals surface area contributed by atoms with E-state index in [0.717, 1.165) is 44.1 Å². The molecule has 102 valence electrons. The lowest BCUT2D eigenvalue weighted by Crippen LogP contribution is -2.41. The molecule has 1 fully saturated rings. The van der Waals surface area contributed by atoms with Crippen LogP contribution in [0.4, 0.5) is 0 Å². The van der Waals surface area contributed by atoms with Crippen molar-refractivity contribution in [3.63, 3.8) is 0 Å². The molecule has 4 heteroatoms. The highest BCUT2D eigenvalue weighted by atomic mass is 32.2. The number of rotatable bonds is 8. The lowest BCUT2D eigenvalue weighted by molar-refractivity contribution is 0.179. The van der Waals surface area contributed by atoms with Gasteiger partial charge in [0.05, 0.1) is 6.61 Å². The number of ether oxygens (including phenoxy) is 1. The van der Waals surface area contributed by atoms with Crippen LogP contribution in [0.5, 0.6) is 0 Å². The van der Waals surface area contributed by atoms with Gasteiger partial charge < -0.3 is 10.1 Å². The molecule has 1 aliphatic rings. The zero-order valence-corrected chi connectivity index (χ0v) is 12.2. The molecule has 0 aromatic heterocycles. The molecule has 0 saturated carbocycles. The fourth-order valence-corrected chi connectivity index (χ4v) is 3.84. The van der Waals surface area contributed by atoms with Crippen molar-refractivity contribution in [3.05, 3.63) is 0 Å². The lowest BCUT2D eigenvalue weighted by Gasteiger charge is -2.23. The van der Waals surface area contributed by atoms with Crippen molar-refractivity contribution in [1.82, 2.24) is 5.32 Å². The van der Waals surface area contributed by atoms with Gasteiger partial charge in [0.25, 0.3) is 0 Å². The average Bonchev–Trinajstić information content (AvgIpc) is 2.79. The third kappa shape index (κ3) is 5.98. The predicted octanol–water partition coefficient (Wildman–Crippen LogP) is 1.80. The van der Waals surface area contributed by atoms with E-state index < -0.39 is 10.8 Å². The fourth-order valence-electron chi connectivity index (χ4n) is 2.14. The average molecular weight is 261 g/mol. The molecule has 1 aliphatic heterocycles. The van der Waals surface area contributed by atoms with E-state index in [1.54, 1.807) is 0 Å². The molecular formula is C13H27NO2S. The summed E-state index contributed by atoms with van der Waals surface area (Å²) in [7, 11) is -0.686. The summed E-state index contributed by atoms with van der Waals surface area (Å²) in [6.45, 7) is 9.13. The van der Waals surface area contributed by atoms with Gasteiger partial charge in [-0.3, -0.25) is 4.21 Å². The zero-order valence-electron chi connectivity index (χ0n) is 11.4. The molecule has 3 unspecified atom stereocenters. The van der Waals surface area contributed by atoms with Crippen molar-refractivity contribution in [1.29, 1.82) is 0 Å². The van der Waals surface area contributed by atoms with E-state index in [1.165, 1.54) is 0 Å². The molecule has 3 atom stereocenters. The number of hydrogen-bond acceptors (Lipinski definition) is 3. The van der Waals surface area contributed by atoms with Crippen molar-refractivity contribution in [2.75, 3.05) is 31.3 Å². The number of nitrogens with one attached hydrogen (secondary N) is 1. The molecule has 0 radical (unpaired) electrons. The van der Waals surface area contributed by atoms with Gasteiger partial charge in [-0.05, 0) is 25.3 Å². The van der Waals surface area contributed by atoms with Crippen molar-refractivity contribution in [3.8, 4) is 0 Å². The van der Waals surface area contributed by atoms with Crippen LogP contribution in [0.1, 0.15) is 33.6 Å². The molecule has 1 heterocycles. The Balaban J connectivity index is 2.34. The standard InChI is InChI=1S/C13H27NO2S/c1-4-14-13(12-5-7-16-9-12)10-17(15)8-6-11(2)3/h11-14H,4-10H2,1-3H3. The van der Waals surface area contributed by atoms with Gasteiger partial charge in [-0.1, -0.05) is 20.8 Å². The topological polar surface area (TPSA) is 38.3 Å². The molecule has 0 aliphatic carbocycles. The molecule has 0 aromatic rings. The molecule has 0 amide bonds. The van der Waals surface area contributed by atoms with Crippen LogP contribution in [0, 0.1) is 11.8 Å². The Morgan fingerprint density at radius 2 is 2.24 bits per heavy atom. The predicted molar refractivity (Wildman–Crippen MR) is 73.7 cm³/mol. The van der Waals surface area contributed by atoms with Gasteiger partial charge >= 0.3 is 0 Å². The first kappa shape index (κ1) is 15.1. The third-order valence-electron chi connectivity index (χ3n) is 3.29. The van der Waals surface area contributed by atoms with Crippen molar-refractivity contribution in [2.45, 2.75) is 39.7 Å². The molecule has 0 aromatic carbocycles. The molecule has 3 nitrogen and oxygen atoms in total. The van der Waals surface area contributed by atoms with Gasteiger partial charge in [0.15, 0.2) is 0 Å². The van der Waals surface area contributed by atoms with Crippen molar-refractivity contribution >= 4 is 10.8 Å². The summed E-state index contributed by atoms with van der Waals surface area (Å²) in [4.78, 5) is 0. The second-order valence-corrected chi connectivity index (χ2v) is 6.90. The van der Waals surface area contributed by atoms with E-state index in [0.29, 0.717) is 17.9 Å². The van der Waals surface area contributed by atoms with E-state index in [2.05, 4.69) is 26.1 Å². The van der Waals surface area contributed by atoms with E-state index in [-0.39, 0.29) is 0 Å². The minimum atomic E-state index is -0.686. The Morgan fingerprint density at radius 1 is 1.47 bits per heavy atom. The highest BCUT2D eigenvalue weighted by Crippen LogP contribution is 2.18. The van der Waals surface area contributed by atoms with E-state index in [9.17, 15) is 4.21 Å².